The molecule has 1 unspecified atom stereocenters. The molecule has 0 saturated heterocycles. The lowest BCUT2D eigenvalue weighted by Gasteiger charge is -2.28. The molecule has 1 atom stereocenters. The summed E-state index contributed by atoms with van der Waals surface area (Å²) in [6, 6.07) is 11.0. The lowest BCUT2D eigenvalue weighted by Crippen LogP contribution is -2.34. The number of phenols is 1. The molecule has 0 aliphatic carbocycles. The number of hydrogen-bond donors (Lipinski definition) is 2. The normalized spacial score (nSPS) is 16.6. The number of likely N-dealkylation sites (N-methyl/N-ethyl adjacent to an activating group) is 1. The van der Waals surface area contributed by atoms with E-state index in [1.165, 1.54) is 0 Å². The summed E-state index contributed by atoms with van der Waals surface area (Å²) in [5.41, 5.74) is 3.08. The van der Waals surface area contributed by atoms with Gasteiger partial charge < -0.3 is 20.2 Å². The van der Waals surface area contributed by atoms with Crippen LogP contribution >= 0.6 is 23.2 Å². The van der Waals surface area contributed by atoms with Gasteiger partial charge in [-0.25, -0.2) is 0 Å². The van der Waals surface area contributed by atoms with E-state index in [0.717, 1.165) is 30.0 Å². The summed E-state index contributed by atoms with van der Waals surface area (Å²) in [6.45, 7) is 1.76. The molecular formula is C17H19Cl2N3O. The Kier molecular flexibility index (Phi) is 4.57. The third-order valence-corrected chi connectivity index (χ3v) is 4.67. The highest BCUT2D eigenvalue weighted by molar-refractivity contribution is 6.42. The number of nitrogens with one attached hydrogen (secondary N) is 1. The zero-order valence-electron chi connectivity index (χ0n) is 13.1. The first-order chi connectivity index (χ1) is 11.0. The highest BCUT2D eigenvalue weighted by atomic mass is 35.5. The van der Waals surface area contributed by atoms with Crippen LogP contribution in [0.3, 0.4) is 0 Å². The van der Waals surface area contributed by atoms with Gasteiger partial charge in [-0.15, -0.1) is 0 Å². The van der Waals surface area contributed by atoms with Crippen molar-refractivity contribution < 1.29 is 5.11 Å². The highest BCUT2D eigenvalue weighted by Crippen LogP contribution is 2.44. The molecule has 2 N–H and O–H groups in total. The summed E-state index contributed by atoms with van der Waals surface area (Å²) in [5, 5.41) is 14.1. The average molecular weight is 352 g/mol. The van der Waals surface area contributed by atoms with Crippen LogP contribution in [0.1, 0.15) is 11.7 Å². The first kappa shape index (κ1) is 16.2. The van der Waals surface area contributed by atoms with Gasteiger partial charge in [0.2, 0.25) is 0 Å². The first-order valence-electron chi connectivity index (χ1n) is 7.41. The van der Waals surface area contributed by atoms with Crippen LogP contribution in [-0.4, -0.2) is 37.2 Å². The smallest absolute Gasteiger partial charge is 0.126 e. The lowest BCUT2D eigenvalue weighted by atomic mass is 10.1. The molecule has 1 aliphatic heterocycles. The maximum Gasteiger partial charge on any atom is 0.126 e. The second-order valence-corrected chi connectivity index (χ2v) is 6.73. The molecule has 0 saturated carbocycles. The fourth-order valence-electron chi connectivity index (χ4n) is 2.73. The standard InChI is InChI=1S/C17H19Cl2N3O/c1-21(2)7-8-22-16-10-14(19)13(18)9-15(16)20-17(22)11-3-5-12(23)6-4-11/h3-6,9-10,17,20,23H,7-8H2,1-2H3. The van der Waals surface area contributed by atoms with E-state index in [1.807, 2.05) is 24.3 Å². The zero-order valence-corrected chi connectivity index (χ0v) is 14.6. The van der Waals surface area contributed by atoms with Crippen molar-refractivity contribution in [2.45, 2.75) is 6.17 Å². The van der Waals surface area contributed by atoms with E-state index in [0.29, 0.717) is 10.0 Å². The minimum Gasteiger partial charge on any atom is -0.508 e. The van der Waals surface area contributed by atoms with Crippen molar-refractivity contribution in [2.75, 3.05) is 37.4 Å². The number of phenolic OH excluding ortho intramolecular Hbond substituents is 1. The molecule has 0 aromatic heterocycles. The van der Waals surface area contributed by atoms with E-state index < -0.39 is 0 Å². The van der Waals surface area contributed by atoms with Crippen LogP contribution in [0.15, 0.2) is 36.4 Å². The van der Waals surface area contributed by atoms with Crippen LogP contribution in [0.25, 0.3) is 0 Å². The molecule has 0 radical (unpaired) electrons. The van der Waals surface area contributed by atoms with Crippen LogP contribution in [-0.2, 0) is 0 Å². The van der Waals surface area contributed by atoms with E-state index in [2.05, 4.69) is 29.2 Å². The predicted octanol–water partition coefficient (Wildman–Crippen LogP) is 4.19. The minimum absolute atomic E-state index is 0.0138. The largest absolute Gasteiger partial charge is 0.508 e. The maximum atomic E-state index is 9.51. The molecule has 2 aromatic rings. The number of rotatable bonds is 4. The molecule has 3 rings (SSSR count). The van der Waals surface area contributed by atoms with Gasteiger partial charge in [0.25, 0.3) is 0 Å². The van der Waals surface area contributed by atoms with Gasteiger partial charge in [-0.3, -0.25) is 0 Å². The van der Waals surface area contributed by atoms with Crippen molar-refractivity contribution >= 4 is 34.6 Å². The molecule has 6 heteroatoms. The number of aromatic hydroxyl groups is 1. The molecule has 122 valence electrons. The van der Waals surface area contributed by atoms with Gasteiger partial charge in [-0.2, -0.15) is 0 Å². The maximum absolute atomic E-state index is 9.51. The van der Waals surface area contributed by atoms with Gasteiger partial charge in [0.15, 0.2) is 0 Å². The molecule has 0 bridgehead atoms. The van der Waals surface area contributed by atoms with E-state index >= 15 is 0 Å². The summed E-state index contributed by atoms with van der Waals surface area (Å²) in [5.74, 6) is 0.259. The van der Waals surface area contributed by atoms with Crippen LogP contribution < -0.4 is 10.2 Å². The predicted molar refractivity (Wildman–Crippen MR) is 96.8 cm³/mol. The number of anilines is 2. The van der Waals surface area contributed by atoms with Crippen LogP contribution in [0.5, 0.6) is 5.75 Å². The molecule has 0 fully saturated rings. The zero-order chi connectivity index (χ0) is 16.6. The molecule has 4 nitrogen and oxygen atoms in total. The summed E-state index contributed by atoms with van der Waals surface area (Å²) in [7, 11) is 4.10. The molecule has 1 heterocycles. The van der Waals surface area contributed by atoms with Crippen molar-refractivity contribution in [1.82, 2.24) is 4.90 Å². The Labute approximate surface area is 146 Å². The molecular weight excluding hydrogens is 333 g/mol. The molecule has 0 spiro atoms. The minimum atomic E-state index is -0.0138. The Morgan fingerprint density at radius 1 is 1.13 bits per heavy atom. The third-order valence-electron chi connectivity index (χ3n) is 3.95. The quantitative estimate of drug-likeness (QED) is 0.866. The van der Waals surface area contributed by atoms with Crippen molar-refractivity contribution in [2.24, 2.45) is 0 Å². The van der Waals surface area contributed by atoms with Crippen molar-refractivity contribution in [1.29, 1.82) is 0 Å². The molecule has 0 amide bonds. The molecule has 1 aliphatic rings. The average Bonchev–Trinajstić information content (AvgIpc) is 2.84. The van der Waals surface area contributed by atoms with Gasteiger partial charge >= 0.3 is 0 Å². The highest BCUT2D eigenvalue weighted by Gasteiger charge is 2.30. The van der Waals surface area contributed by atoms with E-state index in [1.54, 1.807) is 12.1 Å². The van der Waals surface area contributed by atoms with E-state index in [9.17, 15) is 5.11 Å². The Morgan fingerprint density at radius 2 is 1.78 bits per heavy atom. The summed E-state index contributed by atoms with van der Waals surface area (Å²) in [4.78, 5) is 4.41. The van der Waals surface area contributed by atoms with Gasteiger partial charge in [0.1, 0.15) is 11.9 Å². The fourth-order valence-corrected chi connectivity index (χ4v) is 3.05. The number of halogens is 2. The summed E-state index contributed by atoms with van der Waals surface area (Å²) < 4.78 is 0. The second kappa shape index (κ2) is 6.48. The Hall–Kier alpha value is -1.62. The van der Waals surface area contributed by atoms with Gasteiger partial charge in [0, 0.05) is 13.1 Å². The van der Waals surface area contributed by atoms with Crippen LogP contribution in [0.4, 0.5) is 11.4 Å². The van der Waals surface area contributed by atoms with E-state index in [4.69, 9.17) is 23.2 Å². The van der Waals surface area contributed by atoms with Gasteiger partial charge in [0.05, 0.1) is 21.4 Å². The second-order valence-electron chi connectivity index (χ2n) is 5.92. The monoisotopic (exact) mass is 351 g/mol. The summed E-state index contributed by atoms with van der Waals surface area (Å²) >= 11 is 12.4. The number of benzene rings is 2. The summed E-state index contributed by atoms with van der Waals surface area (Å²) in [6.07, 6.45) is -0.0138. The topological polar surface area (TPSA) is 38.7 Å². The Bertz CT molecular complexity index is 704. The van der Waals surface area contributed by atoms with Crippen molar-refractivity contribution in [3.63, 3.8) is 0 Å². The third kappa shape index (κ3) is 3.34. The van der Waals surface area contributed by atoms with E-state index in [-0.39, 0.29) is 11.9 Å². The molecule has 2 aromatic carbocycles. The van der Waals surface area contributed by atoms with Gasteiger partial charge in [-0.05, 0) is 43.9 Å². The SMILES string of the molecule is CN(C)CCN1c2cc(Cl)c(Cl)cc2NC1c1ccc(O)cc1. The first-order valence-corrected chi connectivity index (χ1v) is 8.17. The Balaban J connectivity index is 1.97. The number of fused-ring (bicyclic) bond motifs is 1. The lowest BCUT2D eigenvalue weighted by molar-refractivity contribution is 0.409. The van der Waals surface area contributed by atoms with Gasteiger partial charge in [-0.1, -0.05) is 35.3 Å². The van der Waals surface area contributed by atoms with Crippen molar-refractivity contribution in [3.05, 3.63) is 52.0 Å². The fraction of sp³-hybridized carbons (Fsp3) is 0.294. The molecule has 23 heavy (non-hydrogen) atoms. The Morgan fingerprint density at radius 3 is 2.43 bits per heavy atom. The van der Waals surface area contributed by atoms with Crippen molar-refractivity contribution in [3.8, 4) is 5.75 Å². The number of nitrogens with zero attached hydrogens (tertiary/aromatic N) is 2. The van der Waals surface area contributed by atoms with Crippen LogP contribution in [0.2, 0.25) is 10.0 Å². The van der Waals surface area contributed by atoms with Crippen LogP contribution in [0, 0.1) is 0 Å². The number of hydrogen-bond acceptors (Lipinski definition) is 4.